The van der Waals surface area contributed by atoms with E-state index in [1.807, 2.05) is 4.57 Å². The van der Waals surface area contributed by atoms with Crippen LogP contribution in [0.1, 0.15) is 50.9 Å². The van der Waals surface area contributed by atoms with Gasteiger partial charge in [0.15, 0.2) is 5.65 Å². The number of nitrogens with zero attached hydrogens (tertiary/aromatic N) is 5. The second kappa shape index (κ2) is 8.25. The lowest BCUT2D eigenvalue weighted by molar-refractivity contribution is 0.179. The molecule has 2 aliphatic rings. The normalized spacial score (nSPS) is 20.4. The van der Waals surface area contributed by atoms with Crippen LogP contribution in [0.3, 0.4) is 0 Å². The Labute approximate surface area is 165 Å². The number of hydrogen-bond donors (Lipinski definition) is 0. The maximum Gasteiger partial charge on any atom is 0.263 e. The van der Waals surface area contributed by atoms with Gasteiger partial charge in [-0.2, -0.15) is 0 Å². The van der Waals surface area contributed by atoms with E-state index in [4.69, 9.17) is 4.98 Å². The van der Waals surface area contributed by atoms with Gasteiger partial charge >= 0.3 is 0 Å². The van der Waals surface area contributed by atoms with Crippen molar-refractivity contribution in [3.63, 3.8) is 0 Å². The third-order valence-corrected chi connectivity index (χ3v) is 6.00. The van der Waals surface area contributed by atoms with Crippen LogP contribution in [-0.2, 0) is 6.54 Å². The molecule has 1 aliphatic heterocycles. The fraction of sp³-hybridized carbons (Fsp3) is 0.667. The third kappa shape index (κ3) is 4.10. The maximum absolute atomic E-state index is 13.7. The Bertz CT molecular complexity index is 894. The van der Waals surface area contributed by atoms with E-state index in [2.05, 4.69) is 28.8 Å². The van der Waals surface area contributed by atoms with Gasteiger partial charge in [-0.05, 0) is 51.3 Å². The van der Waals surface area contributed by atoms with Crippen molar-refractivity contribution in [1.82, 2.24) is 24.3 Å². The molecule has 4 rings (SSSR count). The van der Waals surface area contributed by atoms with Gasteiger partial charge in [-0.15, -0.1) is 0 Å². The summed E-state index contributed by atoms with van der Waals surface area (Å²) in [6.07, 6.45) is 6.54. The van der Waals surface area contributed by atoms with Gasteiger partial charge < -0.3 is 4.90 Å². The highest BCUT2D eigenvalue weighted by atomic mass is 19.1. The van der Waals surface area contributed by atoms with Crippen LogP contribution in [0.25, 0.3) is 11.0 Å². The number of hydrogen-bond acceptors (Lipinski definition) is 5. The number of halogens is 1. The highest BCUT2D eigenvalue weighted by molar-refractivity contribution is 5.73. The summed E-state index contributed by atoms with van der Waals surface area (Å²) < 4.78 is 15.6. The number of aromatic nitrogens is 3. The van der Waals surface area contributed by atoms with Crippen LogP contribution in [0.5, 0.6) is 0 Å². The van der Waals surface area contributed by atoms with E-state index in [0.717, 1.165) is 70.3 Å². The minimum absolute atomic E-state index is 0.0965. The topological polar surface area (TPSA) is 54.3 Å². The predicted octanol–water partition coefficient (Wildman–Crippen LogP) is 2.82. The van der Waals surface area contributed by atoms with Crippen LogP contribution >= 0.6 is 0 Å². The Balaban J connectivity index is 1.80. The molecule has 0 bridgehead atoms. The molecular formula is C21H30FN5O. The van der Waals surface area contributed by atoms with E-state index in [1.165, 1.54) is 6.07 Å². The van der Waals surface area contributed by atoms with E-state index in [-0.39, 0.29) is 17.0 Å². The molecule has 1 unspecified atom stereocenters. The van der Waals surface area contributed by atoms with Crippen molar-refractivity contribution in [2.24, 2.45) is 5.92 Å². The van der Waals surface area contributed by atoms with Crippen molar-refractivity contribution in [2.45, 2.75) is 51.6 Å². The summed E-state index contributed by atoms with van der Waals surface area (Å²) in [4.78, 5) is 27.1. The largest absolute Gasteiger partial charge is 0.305 e. The van der Waals surface area contributed by atoms with Crippen molar-refractivity contribution in [2.75, 3.05) is 33.2 Å². The molecule has 2 fully saturated rings. The average molecular weight is 388 g/mol. The van der Waals surface area contributed by atoms with Crippen LogP contribution in [-0.4, -0.2) is 57.6 Å². The van der Waals surface area contributed by atoms with Crippen molar-refractivity contribution in [1.29, 1.82) is 0 Å². The predicted molar refractivity (Wildman–Crippen MR) is 108 cm³/mol. The van der Waals surface area contributed by atoms with Crippen molar-refractivity contribution in [3.8, 4) is 0 Å². The molecule has 0 radical (unpaired) electrons. The second-order valence-corrected chi connectivity index (χ2v) is 8.35. The van der Waals surface area contributed by atoms with Crippen molar-refractivity contribution >= 4 is 11.0 Å². The molecule has 152 valence electrons. The minimum Gasteiger partial charge on any atom is -0.305 e. The van der Waals surface area contributed by atoms with E-state index in [9.17, 15) is 9.18 Å². The quantitative estimate of drug-likeness (QED) is 0.763. The zero-order valence-corrected chi connectivity index (χ0v) is 16.9. The van der Waals surface area contributed by atoms with E-state index in [0.29, 0.717) is 18.1 Å². The molecule has 28 heavy (non-hydrogen) atoms. The average Bonchev–Trinajstić information content (AvgIpc) is 3.51. The van der Waals surface area contributed by atoms with Gasteiger partial charge in [-0.3, -0.25) is 14.3 Å². The Hall–Kier alpha value is -1.86. The first kappa shape index (κ1) is 19.5. The summed E-state index contributed by atoms with van der Waals surface area (Å²) in [5.74, 6) is 0.863. The molecule has 0 amide bonds. The molecule has 0 N–H and O–H groups in total. The second-order valence-electron chi connectivity index (χ2n) is 8.35. The Morgan fingerprint density at radius 3 is 2.82 bits per heavy atom. The summed E-state index contributed by atoms with van der Waals surface area (Å²) in [5, 5.41) is 0.287. The lowest BCUT2D eigenvalue weighted by atomic mass is 10.1. The number of fused-ring (bicyclic) bond motifs is 1. The molecule has 1 saturated carbocycles. The molecule has 6 nitrogen and oxygen atoms in total. The number of rotatable bonds is 6. The van der Waals surface area contributed by atoms with Gasteiger partial charge in [-0.25, -0.2) is 14.4 Å². The first-order valence-corrected chi connectivity index (χ1v) is 10.6. The van der Waals surface area contributed by atoms with Gasteiger partial charge in [-0.1, -0.05) is 13.3 Å². The van der Waals surface area contributed by atoms with Crippen molar-refractivity contribution < 1.29 is 4.39 Å². The van der Waals surface area contributed by atoms with Crippen molar-refractivity contribution in [3.05, 3.63) is 34.3 Å². The standard InChI is InChI=1S/C21H30FN5O/c1-3-5-18(26-9-4-8-25(2)10-11-26)20-24-19-17(12-16(22)13-23-19)21(28)27(20)14-15-6-7-15/h12-13,15,18H,3-11,14H2,1-2H3. The minimum atomic E-state index is -0.488. The smallest absolute Gasteiger partial charge is 0.263 e. The molecule has 2 aromatic rings. The van der Waals surface area contributed by atoms with Gasteiger partial charge in [0, 0.05) is 26.2 Å². The molecule has 1 atom stereocenters. The highest BCUT2D eigenvalue weighted by Gasteiger charge is 2.30. The molecular weight excluding hydrogens is 357 g/mol. The van der Waals surface area contributed by atoms with Gasteiger partial charge in [0.1, 0.15) is 11.6 Å². The summed E-state index contributed by atoms with van der Waals surface area (Å²) in [6, 6.07) is 1.37. The highest BCUT2D eigenvalue weighted by Crippen LogP contribution is 2.33. The SMILES string of the molecule is CCCC(c1nc2ncc(F)cc2c(=O)n1CC1CC1)N1CCCN(C)CC1. The fourth-order valence-electron chi connectivity index (χ4n) is 4.21. The molecule has 1 saturated heterocycles. The molecule has 7 heteroatoms. The first-order chi connectivity index (χ1) is 13.6. The molecule has 1 aliphatic carbocycles. The molecule has 3 heterocycles. The van der Waals surface area contributed by atoms with E-state index >= 15 is 0 Å². The lowest BCUT2D eigenvalue weighted by Gasteiger charge is -2.31. The van der Waals surface area contributed by atoms with Crippen LogP contribution in [0, 0.1) is 11.7 Å². The molecule has 0 spiro atoms. The Morgan fingerprint density at radius 1 is 1.25 bits per heavy atom. The fourth-order valence-corrected chi connectivity index (χ4v) is 4.21. The Kier molecular flexibility index (Phi) is 5.73. The van der Waals surface area contributed by atoms with Gasteiger partial charge in [0.05, 0.1) is 17.6 Å². The number of pyridine rings is 1. The summed E-state index contributed by atoms with van der Waals surface area (Å²) in [5.41, 5.74) is 0.216. The van der Waals surface area contributed by atoms with Gasteiger partial charge in [0.2, 0.25) is 0 Å². The monoisotopic (exact) mass is 387 g/mol. The zero-order valence-electron chi connectivity index (χ0n) is 16.9. The van der Waals surface area contributed by atoms with Crippen LogP contribution in [0.4, 0.5) is 4.39 Å². The third-order valence-electron chi connectivity index (χ3n) is 6.00. The van der Waals surface area contributed by atoms with E-state index in [1.54, 1.807) is 0 Å². The Morgan fingerprint density at radius 2 is 2.07 bits per heavy atom. The number of likely N-dealkylation sites (N-methyl/N-ethyl adjacent to an activating group) is 1. The summed E-state index contributed by atoms with van der Waals surface area (Å²) in [7, 11) is 2.16. The van der Waals surface area contributed by atoms with E-state index < -0.39 is 5.82 Å². The van der Waals surface area contributed by atoms with Crippen LogP contribution < -0.4 is 5.56 Å². The van der Waals surface area contributed by atoms with Crippen LogP contribution in [0.15, 0.2) is 17.1 Å². The molecule has 2 aromatic heterocycles. The zero-order chi connectivity index (χ0) is 19.7. The molecule has 0 aromatic carbocycles. The lowest BCUT2D eigenvalue weighted by Crippen LogP contribution is -2.37. The van der Waals surface area contributed by atoms with Gasteiger partial charge in [0.25, 0.3) is 5.56 Å². The summed E-state index contributed by atoms with van der Waals surface area (Å²) in [6.45, 7) is 6.94. The summed E-state index contributed by atoms with van der Waals surface area (Å²) >= 11 is 0. The van der Waals surface area contributed by atoms with Crippen LogP contribution in [0.2, 0.25) is 0 Å². The maximum atomic E-state index is 13.7. The first-order valence-electron chi connectivity index (χ1n) is 10.6.